The van der Waals surface area contributed by atoms with Gasteiger partial charge in [-0.25, -0.2) is 13.9 Å². The number of carbonyl (C=O) groups is 2. The van der Waals surface area contributed by atoms with Gasteiger partial charge in [0.25, 0.3) is 0 Å². The SMILES string of the molecule is CC/C=C\C[C@H](O)/C=C/C=C\C=C\[C@H](O)C/C=C\C/C=C\CCC(=O)O[C@H](COC(=O)CCCCCCCCCCCCCCC)COP(=O)(O)OP(=O)(O)OC[C@H]1O[C@@H](n2ccc(N)nc2=O)[C@H](O)[C@@H]1O. The van der Waals surface area contributed by atoms with Crippen LogP contribution in [-0.4, -0.2) is 108 Å². The van der Waals surface area contributed by atoms with Gasteiger partial charge in [0, 0.05) is 19.0 Å². The Morgan fingerprint density at radius 2 is 1.32 bits per heavy atom. The van der Waals surface area contributed by atoms with Crippen LogP contribution >= 0.6 is 15.6 Å². The van der Waals surface area contributed by atoms with E-state index in [-0.39, 0.29) is 25.1 Å². The second-order valence-corrected chi connectivity index (χ2v) is 20.4. The minimum absolute atomic E-state index is 0.0883. The zero-order chi connectivity index (χ0) is 53.0. The number of carbonyl (C=O) groups excluding carboxylic acids is 2. The van der Waals surface area contributed by atoms with E-state index < -0.39 is 95.9 Å². The van der Waals surface area contributed by atoms with Gasteiger partial charge in [-0.05, 0) is 44.6 Å². The Labute approximate surface area is 424 Å². The molecule has 1 fully saturated rings. The number of aliphatic hydroxyl groups is 4. The van der Waals surface area contributed by atoms with Crippen molar-refractivity contribution >= 4 is 33.4 Å². The molecule has 20 nitrogen and oxygen atoms in total. The third-order valence-corrected chi connectivity index (χ3v) is 13.6. The smallest absolute Gasteiger partial charge is 0.462 e. The van der Waals surface area contributed by atoms with E-state index in [0.29, 0.717) is 25.7 Å². The molecule has 408 valence electrons. The molecule has 0 bridgehead atoms. The van der Waals surface area contributed by atoms with Crippen molar-refractivity contribution in [3.05, 3.63) is 95.7 Å². The fraction of sp³-hybridized carbons (Fsp3) is 0.640. The number of phosphoric ester groups is 2. The molecule has 0 amide bonds. The molecule has 1 saturated heterocycles. The van der Waals surface area contributed by atoms with E-state index in [1.807, 2.05) is 31.2 Å². The highest BCUT2D eigenvalue weighted by Gasteiger charge is 2.46. The lowest BCUT2D eigenvalue weighted by molar-refractivity contribution is -0.161. The minimum atomic E-state index is -5.47. The molecule has 2 unspecified atom stereocenters. The number of nitrogen functional groups attached to an aromatic ring is 1. The van der Waals surface area contributed by atoms with Gasteiger partial charge >= 0.3 is 33.3 Å². The maximum atomic E-state index is 12.8. The number of unbranched alkanes of at least 4 members (excludes halogenated alkanes) is 12. The van der Waals surface area contributed by atoms with Crippen LogP contribution < -0.4 is 11.4 Å². The van der Waals surface area contributed by atoms with E-state index in [2.05, 4.69) is 16.2 Å². The number of rotatable bonds is 40. The molecule has 1 aliphatic rings. The van der Waals surface area contributed by atoms with Crippen LogP contribution in [0.4, 0.5) is 5.82 Å². The van der Waals surface area contributed by atoms with Crippen LogP contribution in [-0.2, 0) is 46.3 Å². The van der Waals surface area contributed by atoms with Crippen LogP contribution in [0.25, 0.3) is 0 Å². The first kappa shape index (κ1) is 64.2. The molecular formula is C50H81N3O17P2. The van der Waals surface area contributed by atoms with Crippen molar-refractivity contribution in [3.63, 3.8) is 0 Å². The number of allylic oxidation sites excluding steroid dienone is 8. The lowest BCUT2D eigenvalue weighted by Crippen LogP contribution is -2.36. The van der Waals surface area contributed by atoms with Gasteiger partial charge in [-0.15, -0.1) is 0 Å². The Morgan fingerprint density at radius 1 is 0.750 bits per heavy atom. The summed E-state index contributed by atoms with van der Waals surface area (Å²) >= 11 is 0. The predicted molar refractivity (Wildman–Crippen MR) is 273 cm³/mol. The number of ether oxygens (including phenoxy) is 3. The van der Waals surface area contributed by atoms with Gasteiger partial charge in [-0.3, -0.25) is 23.2 Å². The highest BCUT2D eigenvalue weighted by Crippen LogP contribution is 2.60. The van der Waals surface area contributed by atoms with E-state index in [1.54, 1.807) is 48.6 Å². The third-order valence-electron chi connectivity index (χ3n) is 11.0. The minimum Gasteiger partial charge on any atom is -0.462 e. The molecule has 0 aromatic carbocycles. The van der Waals surface area contributed by atoms with Gasteiger partial charge in [0.15, 0.2) is 12.3 Å². The number of esters is 2. The van der Waals surface area contributed by atoms with Crippen molar-refractivity contribution in [3.8, 4) is 0 Å². The summed E-state index contributed by atoms with van der Waals surface area (Å²) in [5.74, 6) is -1.48. The number of anilines is 1. The Kier molecular flexibility index (Phi) is 33.7. The van der Waals surface area contributed by atoms with E-state index >= 15 is 0 Å². The van der Waals surface area contributed by atoms with Crippen molar-refractivity contribution in [2.24, 2.45) is 0 Å². The highest BCUT2D eigenvalue weighted by atomic mass is 31.3. The summed E-state index contributed by atoms with van der Waals surface area (Å²) in [5, 5.41) is 41.0. The average Bonchev–Trinajstić information content (AvgIpc) is 3.61. The van der Waals surface area contributed by atoms with Gasteiger partial charge in [-0.2, -0.15) is 9.29 Å². The summed E-state index contributed by atoms with van der Waals surface area (Å²) in [6, 6.07) is 1.23. The van der Waals surface area contributed by atoms with Gasteiger partial charge < -0.3 is 50.2 Å². The normalized spacial score (nSPS) is 20.6. The number of phosphoric acid groups is 2. The predicted octanol–water partition coefficient (Wildman–Crippen LogP) is 8.05. The van der Waals surface area contributed by atoms with Crippen LogP contribution in [0.15, 0.2) is 90.0 Å². The Hall–Kier alpha value is -3.88. The second kappa shape index (κ2) is 37.8. The fourth-order valence-corrected chi connectivity index (χ4v) is 9.15. The zero-order valence-electron chi connectivity index (χ0n) is 41.9. The molecule has 1 aromatic rings. The molecule has 0 spiro atoms. The number of hydrogen-bond donors (Lipinski definition) is 7. The molecule has 22 heteroatoms. The summed E-state index contributed by atoms with van der Waals surface area (Å²) in [4.78, 5) is 61.8. The van der Waals surface area contributed by atoms with Gasteiger partial charge in [0.2, 0.25) is 0 Å². The molecule has 72 heavy (non-hydrogen) atoms. The molecule has 8 N–H and O–H groups in total. The molecule has 1 aliphatic heterocycles. The Bertz CT molecular complexity index is 2030. The summed E-state index contributed by atoms with van der Waals surface area (Å²) in [6.45, 7) is 1.78. The van der Waals surface area contributed by atoms with Crippen molar-refractivity contribution in [2.45, 2.75) is 185 Å². The topological polar surface area (TPSA) is 306 Å². The molecule has 0 radical (unpaired) electrons. The first-order valence-corrected chi connectivity index (χ1v) is 28.2. The first-order valence-electron chi connectivity index (χ1n) is 25.2. The quantitative estimate of drug-likeness (QED) is 0.0107. The highest BCUT2D eigenvalue weighted by molar-refractivity contribution is 7.61. The van der Waals surface area contributed by atoms with Gasteiger partial charge in [0.1, 0.15) is 30.7 Å². The second-order valence-electron chi connectivity index (χ2n) is 17.3. The van der Waals surface area contributed by atoms with Crippen LogP contribution in [0.3, 0.4) is 0 Å². The molecule has 0 saturated carbocycles. The molecule has 2 heterocycles. The number of nitrogens with two attached hydrogens (primary N) is 1. The van der Waals surface area contributed by atoms with Crippen LogP contribution in [0.2, 0.25) is 0 Å². The van der Waals surface area contributed by atoms with E-state index in [1.165, 1.54) is 57.4 Å². The third kappa shape index (κ3) is 30.3. The standard InChI is InChI=1S/C50H81N3O17P2/c1-3-5-7-8-9-10-11-12-13-14-15-19-27-33-45(56)65-37-42(68-46(57)34-28-20-17-16-18-24-30-41(55)32-26-22-21-25-31-40(54)29-23-6-4-2)38-66-71(61,62)70-72(63,64)67-39-43-47(58)48(59)49(69-43)53-36-35-44(51)52-50(53)60/h6,17-18,20-26,31-32,35-36,40-43,47-49,54-55,58-59H,3-5,7-16,19,27-30,33-34,37-39H2,1-2H3,(H,61,62)(H,63,64)(H2,51,52,60)/b20-17-,22-21-,23-6-,24-18-,31-25+,32-26+/t40-,41+,42+,43+,47+,48+,49+/m0/s1. The zero-order valence-corrected chi connectivity index (χ0v) is 43.7. The summed E-state index contributed by atoms with van der Waals surface area (Å²) in [7, 11) is -10.9. The number of aliphatic hydroxyl groups excluding tert-OH is 4. The summed E-state index contributed by atoms with van der Waals surface area (Å²) in [6.07, 6.45) is 30.6. The van der Waals surface area contributed by atoms with E-state index in [9.17, 15) is 53.7 Å². The van der Waals surface area contributed by atoms with Gasteiger partial charge in [-0.1, -0.05) is 164 Å². The maximum Gasteiger partial charge on any atom is 0.481 e. The maximum absolute atomic E-state index is 12.8. The summed E-state index contributed by atoms with van der Waals surface area (Å²) < 4.78 is 56.6. The van der Waals surface area contributed by atoms with Crippen LogP contribution in [0, 0.1) is 0 Å². The largest absolute Gasteiger partial charge is 0.481 e. The van der Waals surface area contributed by atoms with Gasteiger partial charge in [0.05, 0.1) is 25.4 Å². The average molecular weight is 1060 g/mol. The number of nitrogens with zero attached hydrogens (tertiary/aromatic N) is 2. The van der Waals surface area contributed by atoms with Crippen LogP contribution in [0.1, 0.15) is 148 Å². The van der Waals surface area contributed by atoms with Crippen molar-refractivity contribution in [2.75, 3.05) is 25.6 Å². The monoisotopic (exact) mass is 1060 g/mol. The molecule has 9 atom stereocenters. The summed E-state index contributed by atoms with van der Waals surface area (Å²) in [5.41, 5.74) is 4.57. The molecule has 0 aliphatic carbocycles. The fourth-order valence-electron chi connectivity index (χ4n) is 7.04. The molecular weight excluding hydrogens is 977 g/mol. The van der Waals surface area contributed by atoms with Crippen LogP contribution in [0.5, 0.6) is 0 Å². The molecule has 1 aromatic heterocycles. The van der Waals surface area contributed by atoms with Crippen molar-refractivity contribution in [1.29, 1.82) is 0 Å². The van der Waals surface area contributed by atoms with E-state index in [4.69, 9.17) is 29.0 Å². The van der Waals surface area contributed by atoms with Crippen molar-refractivity contribution < 1.29 is 76.5 Å². The Morgan fingerprint density at radius 3 is 1.92 bits per heavy atom. The van der Waals surface area contributed by atoms with Crippen molar-refractivity contribution in [1.82, 2.24) is 9.55 Å². The Balaban J connectivity index is 1.87. The molecule has 2 rings (SSSR count). The lowest BCUT2D eigenvalue weighted by Gasteiger charge is -2.21. The lowest BCUT2D eigenvalue weighted by atomic mass is 10.0. The van der Waals surface area contributed by atoms with E-state index in [0.717, 1.165) is 42.9 Å². The number of hydrogen-bond acceptors (Lipinski definition) is 17. The number of aromatic nitrogens is 2. The first-order chi connectivity index (χ1) is 34.5.